The van der Waals surface area contributed by atoms with Crippen molar-refractivity contribution < 1.29 is 48.3 Å². The molecule has 0 radical (unpaired) electrons. The molecule has 3 saturated carbocycles. The molecule has 3 aliphatic heterocycles. The van der Waals surface area contributed by atoms with Crippen molar-refractivity contribution in [3.05, 3.63) is 216 Å². The Kier molecular flexibility index (Phi) is 15.0. The van der Waals surface area contributed by atoms with Crippen molar-refractivity contribution in [2.24, 2.45) is 35.5 Å². The zero-order chi connectivity index (χ0) is 60.0. The molecule has 2 spiro atoms. The molecule has 454 valence electrons. The van der Waals surface area contributed by atoms with Crippen LogP contribution in [0.4, 0.5) is 0 Å². The first kappa shape index (κ1) is 57.3. The SMILES string of the molecule is COC[C@@H](CCO)c1c(CO)c2ccc3c(c2oc1=O)[C@H]1OC(=O)C[C@@H]2C[C@H](c4cccc5c4CC[C@@H]4CCC[C@H]6C=Cc7ccccc7[C@@]546)C=C[C@H]2c2ccc(cc2)CC/C(=C(\C)CO)C(=O)O[C@@H]1[C@@]1(CCC[C@H]2[C@H]4C=Cc5ccccc5[C@H]4C[C@H]21)O3. The number of hydrogen-bond donors (Lipinski definition) is 3. The zero-order valence-corrected chi connectivity index (χ0v) is 50.5. The van der Waals surface area contributed by atoms with Crippen LogP contribution in [0.2, 0.25) is 0 Å². The number of rotatable bonds is 8. The van der Waals surface area contributed by atoms with Gasteiger partial charge in [0.15, 0.2) is 17.8 Å². The summed E-state index contributed by atoms with van der Waals surface area (Å²) < 4.78 is 34.2. The number of fused-ring (bicyclic) bond motifs is 19. The molecular weight excluding hydrogens is 1100 g/mol. The molecule has 3 fully saturated rings. The van der Waals surface area contributed by atoms with Crippen LogP contribution in [0, 0.1) is 35.5 Å². The minimum Gasteiger partial charge on any atom is -0.482 e. The maximum Gasteiger partial charge on any atom is 0.340 e. The van der Waals surface area contributed by atoms with Crippen LogP contribution in [-0.4, -0.2) is 65.9 Å². The fraction of sp³-hybridized carbons (Fsp3) is 0.442. The van der Waals surface area contributed by atoms with Gasteiger partial charge in [-0.1, -0.05) is 134 Å². The summed E-state index contributed by atoms with van der Waals surface area (Å²) in [6.45, 7) is 0.711. The molecule has 2 bridgehead atoms. The fourth-order valence-corrected chi connectivity index (χ4v) is 19.4. The smallest absolute Gasteiger partial charge is 0.340 e. The Morgan fingerprint density at radius 2 is 1.57 bits per heavy atom. The van der Waals surface area contributed by atoms with Gasteiger partial charge in [0.05, 0.1) is 25.4 Å². The van der Waals surface area contributed by atoms with E-state index in [9.17, 15) is 20.1 Å². The number of carbonyl (C=O) groups excluding carboxylic acids is 2. The van der Waals surface area contributed by atoms with Crippen molar-refractivity contribution in [3.8, 4) is 5.75 Å². The monoisotopic (exact) mass is 1180 g/mol. The molecule has 7 aliphatic carbocycles. The Hall–Kier alpha value is -7.15. The Morgan fingerprint density at radius 3 is 2.40 bits per heavy atom. The highest BCUT2D eigenvalue weighted by atomic mass is 16.6. The lowest BCUT2D eigenvalue weighted by atomic mass is 9.48. The van der Waals surface area contributed by atoms with Crippen molar-refractivity contribution in [3.63, 3.8) is 0 Å². The quantitative estimate of drug-likeness (QED) is 0.0576. The van der Waals surface area contributed by atoms with Gasteiger partial charge in [0.25, 0.3) is 0 Å². The van der Waals surface area contributed by atoms with Crippen molar-refractivity contribution in [2.45, 2.75) is 150 Å². The lowest BCUT2D eigenvalue weighted by Gasteiger charge is -2.55. The van der Waals surface area contributed by atoms with Gasteiger partial charge in [-0.3, -0.25) is 4.79 Å². The zero-order valence-electron chi connectivity index (χ0n) is 50.5. The highest BCUT2D eigenvalue weighted by Crippen LogP contribution is 2.65. The molecular formula is C77H80O11. The number of carbonyl (C=O) groups is 2. The van der Waals surface area contributed by atoms with Gasteiger partial charge in [-0.15, -0.1) is 0 Å². The molecule has 10 aliphatic rings. The van der Waals surface area contributed by atoms with E-state index in [0.717, 1.165) is 49.7 Å². The number of benzene rings is 5. The second kappa shape index (κ2) is 23.0. The van der Waals surface area contributed by atoms with E-state index in [1.165, 1.54) is 58.9 Å². The highest BCUT2D eigenvalue weighted by Gasteiger charge is 2.65. The predicted octanol–water partition coefficient (Wildman–Crippen LogP) is 13.7. The first-order valence-electron chi connectivity index (χ1n) is 32.7. The first-order chi connectivity index (χ1) is 43.1. The average Bonchev–Trinajstić information content (AvgIpc) is 0.986. The summed E-state index contributed by atoms with van der Waals surface area (Å²) in [5.74, 6) is -0.456. The molecule has 88 heavy (non-hydrogen) atoms. The molecule has 0 unspecified atom stereocenters. The van der Waals surface area contributed by atoms with Crippen LogP contribution in [0.1, 0.15) is 181 Å². The molecule has 0 saturated heterocycles. The number of methoxy groups -OCH3 is 1. The van der Waals surface area contributed by atoms with Crippen LogP contribution in [0.15, 0.2) is 148 Å². The van der Waals surface area contributed by atoms with Crippen LogP contribution in [0.5, 0.6) is 5.75 Å². The molecule has 4 heterocycles. The fourth-order valence-electron chi connectivity index (χ4n) is 19.4. The normalized spacial score (nSPS) is 31.7. The Morgan fingerprint density at radius 1 is 0.761 bits per heavy atom. The third-order valence-electron chi connectivity index (χ3n) is 23.2. The third-order valence-corrected chi connectivity index (χ3v) is 23.2. The van der Waals surface area contributed by atoms with Crippen LogP contribution in [0.25, 0.3) is 23.1 Å². The van der Waals surface area contributed by atoms with Gasteiger partial charge in [-0.25, -0.2) is 9.59 Å². The third kappa shape index (κ3) is 9.12. The summed E-state index contributed by atoms with van der Waals surface area (Å²) in [7, 11) is 1.53. The summed E-state index contributed by atoms with van der Waals surface area (Å²) in [6.07, 6.45) is 21.9. The minimum atomic E-state index is -1.35. The van der Waals surface area contributed by atoms with Gasteiger partial charge in [0, 0.05) is 65.7 Å². The Bertz CT molecular complexity index is 3920. The Labute approximate surface area is 515 Å². The van der Waals surface area contributed by atoms with Gasteiger partial charge in [0.2, 0.25) is 0 Å². The van der Waals surface area contributed by atoms with E-state index in [0.29, 0.717) is 58.9 Å². The van der Waals surface area contributed by atoms with Crippen LogP contribution < -0.4 is 10.4 Å². The number of hydrogen-bond acceptors (Lipinski definition) is 11. The van der Waals surface area contributed by atoms with E-state index in [4.69, 9.17) is 23.4 Å². The molecule has 16 rings (SSSR count). The van der Waals surface area contributed by atoms with Crippen molar-refractivity contribution >= 4 is 35.1 Å². The average molecular weight is 1180 g/mol. The van der Waals surface area contributed by atoms with Crippen molar-refractivity contribution in [1.82, 2.24) is 0 Å². The maximum absolute atomic E-state index is 16.1. The molecule has 5 aromatic carbocycles. The molecule has 1 aromatic heterocycles. The van der Waals surface area contributed by atoms with Crippen molar-refractivity contribution in [1.29, 1.82) is 0 Å². The van der Waals surface area contributed by atoms with Crippen LogP contribution in [-0.2, 0) is 48.7 Å². The number of aryl methyl sites for hydroxylation is 1. The molecule has 6 aromatic rings. The van der Waals surface area contributed by atoms with Gasteiger partial charge < -0.3 is 38.7 Å². The van der Waals surface area contributed by atoms with Gasteiger partial charge in [-0.2, -0.15) is 0 Å². The summed E-state index contributed by atoms with van der Waals surface area (Å²) in [4.78, 5) is 46.5. The van der Waals surface area contributed by atoms with E-state index in [-0.39, 0.29) is 103 Å². The second-order valence-electron chi connectivity index (χ2n) is 27.2. The molecule has 11 nitrogen and oxygen atoms in total. The summed E-state index contributed by atoms with van der Waals surface area (Å²) in [5.41, 5.74) is 11.2. The molecule has 0 amide bonds. The van der Waals surface area contributed by atoms with E-state index >= 15 is 9.59 Å². The van der Waals surface area contributed by atoms with E-state index in [1.807, 2.05) is 6.07 Å². The van der Waals surface area contributed by atoms with E-state index in [2.05, 4.69) is 127 Å². The summed E-state index contributed by atoms with van der Waals surface area (Å²) >= 11 is 0. The number of ether oxygens (including phenoxy) is 4. The molecule has 3 N–H and O–H groups in total. The van der Waals surface area contributed by atoms with E-state index in [1.54, 1.807) is 13.0 Å². The summed E-state index contributed by atoms with van der Waals surface area (Å²) in [6, 6.07) is 36.9. The largest absolute Gasteiger partial charge is 0.482 e. The summed E-state index contributed by atoms with van der Waals surface area (Å²) in [5, 5.41) is 32.8. The number of aliphatic hydroxyl groups excluding tert-OH is 3. The van der Waals surface area contributed by atoms with Crippen LogP contribution in [0.3, 0.4) is 0 Å². The number of allylic oxidation sites excluding steroid dienone is 4. The minimum absolute atomic E-state index is 0.0142. The topological polar surface area (TPSA) is 162 Å². The maximum atomic E-state index is 16.1. The number of aliphatic hydroxyl groups is 3. The lowest BCUT2D eigenvalue weighted by molar-refractivity contribution is -0.212. The van der Waals surface area contributed by atoms with Gasteiger partial charge in [0.1, 0.15) is 11.3 Å². The van der Waals surface area contributed by atoms with E-state index < -0.39 is 47.9 Å². The standard InChI is InChI=1S/C77H80O11/c1-44(41-79)54-29-21-45-19-22-47(23-20-45)55-30-26-49(57-15-8-18-65-60(57)32-28-53-13-7-12-52-27-24-48-11-4-6-17-64(48)77(52,53)65)38-51(55)39-68(81)85-72-70-67(34-33-61-63(42-80)69(75(83)86-71(61)70)50(35-37-78)43-84-2)88-76(73(72)87-74(54)82)36-9-16-59-58-31-25-46-10-3-5-14-56(46)62(58)40-66(59)76/h3-6,8,10-11,14-15,17-20,22-27,30-31,33-34,49-53,55,58-59,62,66,72-73,78-80H,7,9,12-13,16,21,28-29,32,35-43H2,1-2H3/b54-44-/t49-,50-,51+,52+,53+,55+,58-,59+,62-,66-,72-,73+,76+,77+/m1/s1. The number of esters is 2. The second-order valence-corrected chi connectivity index (χ2v) is 27.2. The van der Waals surface area contributed by atoms with Crippen molar-refractivity contribution in [2.75, 3.05) is 26.9 Å². The van der Waals surface area contributed by atoms with Crippen LogP contribution >= 0.6 is 0 Å². The molecule has 14 atom stereocenters. The predicted molar refractivity (Wildman–Crippen MR) is 338 cm³/mol. The lowest BCUT2D eigenvalue weighted by Crippen LogP contribution is -2.62. The molecule has 11 heteroatoms. The first-order valence-corrected chi connectivity index (χ1v) is 32.7. The highest BCUT2D eigenvalue weighted by molar-refractivity contribution is 5.91. The Balaban J connectivity index is 0.884. The van der Waals surface area contributed by atoms with Gasteiger partial charge >= 0.3 is 17.6 Å². The van der Waals surface area contributed by atoms with Gasteiger partial charge in [-0.05, 0) is 193 Å².